The van der Waals surface area contributed by atoms with Crippen molar-refractivity contribution < 1.29 is 8.78 Å². The van der Waals surface area contributed by atoms with Crippen molar-refractivity contribution in [1.82, 2.24) is 20.3 Å². The summed E-state index contributed by atoms with van der Waals surface area (Å²) in [6.45, 7) is 11.0. The Morgan fingerprint density at radius 1 is 1.29 bits per heavy atom. The van der Waals surface area contributed by atoms with Crippen LogP contribution in [0.4, 0.5) is 20.7 Å². The average molecular weight is 344 g/mol. The summed E-state index contributed by atoms with van der Waals surface area (Å²) in [7, 11) is 0. The van der Waals surface area contributed by atoms with E-state index in [0.717, 1.165) is 65.4 Å². The first kappa shape index (κ1) is 20.5. The van der Waals surface area contributed by atoms with E-state index in [-0.39, 0.29) is 0 Å². The molecule has 1 aliphatic heterocycles. The van der Waals surface area contributed by atoms with Crippen LogP contribution in [-0.2, 0) is 0 Å². The molecule has 1 aromatic heterocycles. The van der Waals surface area contributed by atoms with Crippen molar-refractivity contribution in [2.75, 3.05) is 42.9 Å². The highest BCUT2D eigenvalue weighted by Gasteiger charge is 2.13. The topological polar surface area (TPSA) is 66.0 Å². The molecule has 1 fully saturated rings. The Labute approximate surface area is 143 Å². The van der Waals surface area contributed by atoms with Crippen LogP contribution in [0.25, 0.3) is 0 Å². The molecule has 2 heterocycles. The zero-order valence-corrected chi connectivity index (χ0v) is 15.1. The first-order chi connectivity index (χ1) is 11.3. The standard InChI is InChI=1S/C13H24N6.C3H6F2/c1-3-11(2)9-15-12-16-10-17-13(18-12)19-7-4-5-14-6-8-19;1-3(2,4)5/h10-11,14H,3-9H2,1-2H3,(H,15,16,17,18);1-2H3/t11-;/m0./s1. The number of rotatable bonds is 5. The monoisotopic (exact) mass is 344 g/mol. The van der Waals surface area contributed by atoms with Crippen molar-refractivity contribution in [3.8, 4) is 0 Å². The van der Waals surface area contributed by atoms with Crippen LogP contribution < -0.4 is 15.5 Å². The molecule has 1 aliphatic rings. The minimum absolute atomic E-state index is 0.627. The number of aromatic nitrogens is 3. The second-order valence-electron chi connectivity index (χ2n) is 6.42. The van der Waals surface area contributed by atoms with Gasteiger partial charge < -0.3 is 15.5 Å². The number of hydrogen-bond donors (Lipinski definition) is 2. The van der Waals surface area contributed by atoms with Gasteiger partial charge in [-0.15, -0.1) is 0 Å². The minimum atomic E-state index is -2.50. The van der Waals surface area contributed by atoms with E-state index in [4.69, 9.17) is 0 Å². The Morgan fingerprint density at radius 2 is 2.00 bits per heavy atom. The molecule has 1 atom stereocenters. The molecule has 0 unspecified atom stereocenters. The Bertz CT molecular complexity index is 452. The SMILES string of the molecule is CC(C)(F)F.CC[C@H](C)CNc1ncnc(N2CCCNCC2)n1. The number of alkyl halides is 2. The molecule has 8 heteroatoms. The molecule has 0 saturated carbocycles. The quantitative estimate of drug-likeness (QED) is 0.856. The van der Waals surface area contributed by atoms with E-state index in [1.807, 2.05) is 0 Å². The van der Waals surface area contributed by atoms with E-state index in [9.17, 15) is 8.78 Å². The predicted molar refractivity (Wildman–Crippen MR) is 93.8 cm³/mol. The highest BCUT2D eigenvalue weighted by Crippen LogP contribution is 2.11. The Hall–Kier alpha value is -1.57. The smallest absolute Gasteiger partial charge is 0.242 e. The van der Waals surface area contributed by atoms with Crippen LogP contribution in [0, 0.1) is 5.92 Å². The first-order valence-corrected chi connectivity index (χ1v) is 8.56. The van der Waals surface area contributed by atoms with Gasteiger partial charge in [-0.2, -0.15) is 4.98 Å². The molecule has 0 aliphatic carbocycles. The third-order valence-electron chi connectivity index (χ3n) is 3.49. The zero-order valence-electron chi connectivity index (χ0n) is 15.1. The molecule has 0 amide bonds. The molecular formula is C16H30F2N6. The van der Waals surface area contributed by atoms with Crippen LogP contribution in [0.15, 0.2) is 6.33 Å². The predicted octanol–water partition coefficient (Wildman–Crippen LogP) is 2.79. The van der Waals surface area contributed by atoms with Crippen LogP contribution in [0.3, 0.4) is 0 Å². The van der Waals surface area contributed by atoms with Gasteiger partial charge in [0.1, 0.15) is 6.33 Å². The maximum Gasteiger partial charge on any atom is 0.242 e. The number of halogens is 2. The summed E-state index contributed by atoms with van der Waals surface area (Å²) in [5.74, 6) is -0.407. The minimum Gasteiger partial charge on any atom is -0.354 e. The molecule has 1 saturated heterocycles. The number of nitrogens with one attached hydrogen (secondary N) is 2. The highest BCUT2D eigenvalue weighted by molar-refractivity contribution is 5.35. The molecule has 1 aromatic rings. The maximum absolute atomic E-state index is 11.0. The third kappa shape index (κ3) is 9.54. The van der Waals surface area contributed by atoms with Gasteiger partial charge in [0, 0.05) is 26.2 Å². The van der Waals surface area contributed by atoms with Crippen LogP contribution in [0.2, 0.25) is 0 Å². The molecule has 24 heavy (non-hydrogen) atoms. The van der Waals surface area contributed by atoms with E-state index in [1.165, 1.54) is 0 Å². The fourth-order valence-corrected chi connectivity index (χ4v) is 1.98. The van der Waals surface area contributed by atoms with Crippen molar-refractivity contribution in [2.24, 2.45) is 5.92 Å². The Balaban J connectivity index is 0.000000505. The van der Waals surface area contributed by atoms with Crippen molar-refractivity contribution in [2.45, 2.75) is 46.5 Å². The molecule has 2 rings (SSSR count). The lowest BCUT2D eigenvalue weighted by atomic mass is 10.1. The molecule has 2 N–H and O–H groups in total. The summed E-state index contributed by atoms with van der Waals surface area (Å²) < 4.78 is 22.0. The summed E-state index contributed by atoms with van der Waals surface area (Å²) in [5.41, 5.74) is 0. The molecule has 138 valence electrons. The number of nitrogens with zero attached hydrogens (tertiary/aromatic N) is 4. The van der Waals surface area contributed by atoms with E-state index < -0.39 is 5.92 Å². The third-order valence-corrected chi connectivity index (χ3v) is 3.49. The van der Waals surface area contributed by atoms with Crippen molar-refractivity contribution >= 4 is 11.9 Å². The lowest BCUT2D eigenvalue weighted by Crippen LogP contribution is -2.29. The Morgan fingerprint density at radius 3 is 2.67 bits per heavy atom. The van der Waals surface area contributed by atoms with E-state index in [2.05, 4.69) is 44.3 Å². The van der Waals surface area contributed by atoms with Crippen molar-refractivity contribution in [3.63, 3.8) is 0 Å². The van der Waals surface area contributed by atoms with Crippen molar-refractivity contribution in [1.29, 1.82) is 0 Å². The van der Waals surface area contributed by atoms with Gasteiger partial charge in [-0.1, -0.05) is 20.3 Å². The molecule has 0 radical (unpaired) electrons. The van der Waals surface area contributed by atoms with Crippen LogP contribution in [0.1, 0.15) is 40.5 Å². The normalized spacial score (nSPS) is 16.7. The molecule has 6 nitrogen and oxygen atoms in total. The molecule has 0 bridgehead atoms. The van der Waals surface area contributed by atoms with Crippen molar-refractivity contribution in [3.05, 3.63) is 6.33 Å². The Kier molecular flexibility index (Phi) is 8.81. The van der Waals surface area contributed by atoms with Gasteiger partial charge in [0.05, 0.1) is 0 Å². The molecule has 0 spiro atoms. The van der Waals surface area contributed by atoms with E-state index in [0.29, 0.717) is 11.9 Å². The highest BCUT2D eigenvalue weighted by atomic mass is 19.3. The van der Waals surface area contributed by atoms with Crippen LogP contribution in [0.5, 0.6) is 0 Å². The lowest BCUT2D eigenvalue weighted by Gasteiger charge is -2.20. The van der Waals surface area contributed by atoms with Gasteiger partial charge in [0.2, 0.25) is 17.8 Å². The van der Waals surface area contributed by atoms with E-state index in [1.54, 1.807) is 6.33 Å². The zero-order chi connectivity index (χ0) is 18.0. The number of hydrogen-bond acceptors (Lipinski definition) is 6. The van der Waals surface area contributed by atoms with Gasteiger partial charge in [0.25, 0.3) is 0 Å². The fraction of sp³-hybridized carbons (Fsp3) is 0.812. The summed E-state index contributed by atoms with van der Waals surface area (Å²) in [4.78, 5) is 15.2. The van der Waals surface area contributed by atoms with E-state index >= 15 is 0 Å². The van der Waals surface area contributed by atoms with Crippen LogP contribution >= 0.6 is 0 Å². The lowest BCUT2D eigenvalue weighted by molar-refractivity contribution is 0.0437. The second kappa shape index (κ2) is 10.3. The van der Waals surface area contributed by atoms with Gasteiger partial charge in [-0.3, -0.25) is 0 Å². The van der Waals surface area contributed by atoms with Gasteiger partial charge in [-0.05, 0) is 32.7 Å². The van der Waals surface area contributed by atoms with Gasteiger partial charge >= 0.3 is 0 Å². The summed E-state index contributed by atoms with van der Waals surface area (Å²) in [6.07, 6.45) is 3.88. The molecular weight excluding hydrogens is 314 g/mol. The molecule has 0 aromatic carbocycles. The fourth-order valence-electron chi connectivity index (χ4n) is 1.98. The number of anilines is 2. The average Bonchev–Trinajstić information content (AvgIpc) is 2.80. The van der Waals surface area contributed by atoms with Crippen LogP contribution in [-0.4, -0.2) is 53.6 Å². The van der Waals surface area contributed by atoms with Gasteiger partial charge in [-0.25, -0.2) is 18.7 Å². The first-order valence-electron chi connectivity index (χ1n) is 8.56. The van der Waals surface area contributed by atoms with Gasteiger partial charge in [0.15, 0.2) is 0 Å². The summed E-state index contributed by atoms with van der Waals surface area (Å²) >= 11 is 0. The largest absolute Gasteiger partial charge is 0.354 e. The summed E-state index contributed by atoms with van der Waals surface area (Å²) in [5, 5.41) is 6.67. The second-order valence-corrected chi connectivity index (χ2v) is 6.42. The summed E-state index contributed by atoms with van der Waals surface area (Å²) in [6, 6.07) is 0. The maximum atomic E-state index is 11.0.